The van der Waals surface area contributed by atoms with Gasteiger partial charge in [-0.25, -0.2) is 9.97 Å². The van der Waals surface area contributed by atoms with Crippen molar-refractivity contribution < 1.29 is 4.79 Å². The highest BCUT2D eigenvalue weighted by molar-refractivity contribution is 6.30. The van der Waals surface area contributed by atoms with E-state index < -0.39 is 0 Å². The molecule has 0 N–H and O–H groups in total. The van der Waals surface area contributed by atoms with E-state index in [9.17, 15) is 4.79 Å². The molecule has 1 aliphatic carbocycles. The van der Waals surface area contributed by atoms with Crippen LogP contribution in [0.25, 0.3) is 11.4 Å². The molecular weight excluding hydrogens is 360 g/mol. The van der Waals surface area contributed by atoms with E-state index in [1.54, 1.807) is 6.92 Å². The van der Waals surface area contributed by atoms with Crippen molar-refractivity contribution in [2.75, 3.05) is 31.1 Å². The van der Waals surface area contributed by atoms with Gasteiger partial charge in [0.15, 0.2) is 5.82 Å². The monoisotopic (exact) mass is 384 g/mol. The standard InChI is InChI=1S/C21H25ClN4O/c1-15(27)25-10-5-11-26(13-12-25)21-18-8-2-3-9-19(18)23-20(24-21)16-6-4-7-17(22)14-16/h4,6-7,14H,2-3,5,8-13H2,1H3. The number of carbonyl (C=O) groups is 1. The predicted molar refractivity (Wildman–Crippen MR) is 108 cm³/mol. The van der Waals surface area contributed by atoms with Crippen LogP contribution in [0.5, 0.6) is 0 Å². The van der Waals surface area contributed by atoms with Crippen LogP contribution in [0.15, 0.2) is 24.3 Å². The molecule has 0 spiro atoms. The first-order valence-corrected chi connectivity index (χ1v) is 10.2. The fourth-order valence-corrected chi connectivity index (χ4v) is 4.23. The second kappa shape index (κ2) is 7.85. The molecule has 5 nitrogen and oxygen atoms in total. The highest BCUT2D eigenvalue weighted by atomic mass is 35.5. The minimum Gasteiger partial charge on any atom is -0.354 e. The Morgan fingerprint density at radius 1 is 1.04 bits per heavy atom. The average molecular weight is 385 g/mol. The summed E-state index contributed by atoms with van der Waals surface area (Å²) in [6, 6.07) is 7.75. The van der Waals surface area contributed by atoms with Crippen LogP contribution in [0.3, 0.4) is 0 Å². The molecule has 1 saturated heterocycles. The number of fused-ring (bicyclic) bond motifs is 1. The molecule has 0 bridgehead atoms. The molecule has 1 fully saturated rings. The lowest BCUT2D eigenvalue weighted by molar-refractivity contribution is -0.128. The zero-order valence-electron chi connectivity index (χ0n) is 15.7. The lowest BCUT2D eigenvalue weighted by atomic mass is 9.95. The number of rotatable bonds is 2. The number of carbonyl (C=O) groups excluding carboxylic acids is 1. The Balaban J connectivity index is 1.72. The van der Waals surface area contributed by atoms with Crippen LogP contribution in [0.2, 0.25) is 5.02 Å². The zero-order valence-corrected chi connectivity index (χ0v) is 16.5. The summed E-state index contributed by atoms with van der Waals surface area (Å²) in [5.74, 6) is 1.96. The lowest BCUT2D eigenvalue weighted by Crippen LogP contribution is -2.34. The summed E-state index contributed by atoms with van der Waals surface area (Å²) in [5.41, 5.74) is 3.43. The van der Waals surface area contributed by atoms with Crippen molar-refractivity contribution in [2.24, 2.45) is 0 Å². The van der Waals surface area contributed by atoms with E-state index >= 15 is 0 Å². The van der Waals surface area contributed by atoms with Gasteiger partial charge in [0.25, 0.3) is 0 Å². The number of nitrogens with zero attached hydrogens (tertiary/aromatic N) is 4. The molecule has 1 aromatic carbocycles. The van der Waals surface area contributed by atoms with Gasteiger partial charge in [0, 0.05) is 54.9 Å². The van der Waals surface area contributed by atoms with Crippen LogP contribution in [-0.4, -0.2) is 47.0 Å². The maximum atomic E-state index is 11.8. The number of amides is 1. The Hall–Kier alpha value is -2.14. The molecule has 6 heteroatoms. The Labute approximate surface area is 165 Å². The van der Waals surface area contributed by atoms with Gasteiger partial charge in [0.05, 0.1) is 0 Å². The molecule has 2 heterocycles. The number of anilines is 1. The average Bonchev–Trinajstić information content (AvgIpc) is 2.93. The number of aromatic nitrogens is 2. The molecule has 0 atom stereocenters. The summed E-state index contributed by atoms with van der Waals surface area (Å²) in [6.07, 6.45) is 5.37. The van der Waals surface area contributed by atoms with Crippen molar-refractivity contribution in [1.29, 1.82) is 0 Å². The van der Waals surface area contributed by atoms with Crippen molar-refractivity contribution in [3.8, 4) is 11.4 Å². The minimum atomic E-state index is 0.154. The van der Waals surface area contributed by atoms with Crippen LogP contribution in [0, 0.1) is 0 Å². The lowest BCUT2D eigenvalue weighted by Gasteiger charge is -2.28. The molecule has 0 radical (unpaired) electrons. The third-order valence-corrected chi connectivity index (χ3v) is 5.72. The van der Waals surface area contributed by atoms with E-state index in [1.165, 1.54) is 24.1 Å². The zero-order chi connectivity index (χ0) is 18.8. The first-order valence-electron chi connectivity index (χ1n) is 9.78. The van der Waals surface area contributed by atoms with E-state index in [4.69, 9.17) is 21.6 Å². The molecular formula is C21H25ClN4O. The molecule has 0 unspecified atom stereocenters. The van der Waals surface area contributed by atoms with E-state index in [1.807, 2.05) is 29.2 Å². The van der Waals surface area contributed by atoms with Crippen molar-refractivity contribution in [2.45, 2.75) is 39.0 Å². The first-order chi connectivity index (χ1) is 13.1. The quantitative estimate of drug-likeness (QED) is 0.791. The molecule has 2 aromatic rings. The molecule has 142 valence electrons. The highest BCUT2D eigenvalue weighted by Gasteiger charge is 2.24. The second-order valence-corrected chi connectivity index (χ2v) is 7.80. The van der Waals surface area contributed by atoms with Gasteiger partial charge in [0.2, 0.25) is 5.91 Å². The normalized spacial score (nSPS) is 17.4. The van der Waals surface area contributed by atoms with Crippen LogP contribution in [0.1, 0.15) is 37.4 Å². The topological polar surface area (TPSA) is 49.3 Å². The number of hydrogen-bond acceptors (Lipinski definition) is 4. The molecule has 1 aliphatic heterocycles. The van der Waals surface area contributed by atoms with Crippen LogP contribution < -0.4 is 4.90 Å². The third kappa shape index (κ3) is 3.93. The molecule has 1 amide bonds. The largest absolute Gasteiger partial charge is 0.354 e. The Morgan fingerprint density at radius 2 is 1.89 bits per heavy atom. The van der Waals surface area contributed by atoms with E-state index in [2.05, 4.69) is 4.90 Å². The van der Waals surface area contributed by atoms with Gasteiger partial charge in [0.1, 0.15) is 5.82 Å². The maximum absolute atomic E-state index is 11.8. The van der Waals surface area contributed by atoms with Crippen LogP contribution >= 0.6 is 11.6 Å². The Bertz CT molecular complexity index is 854. The summed E-state index contributed by atoms with van der Waals surface area (Å²) >= 11 is 6.19. The maximum Gasteiger partial charge on any atom is 0.219 e. The number of halogens is 1. The minimum absolute atomic E-state index is 0.154. The molecule has 2 aliphatic rings. The van der Waals surface area contributed by atoms with Gasteiger partial charge >= 0.3 is 0 Å². The number of benzene rings is 1. The van der Waals surface area contributed by atoms with Crippen molar-refractivity contribution >= 4 is 23.3 Å². The molecule has 27 heavy (non-hydrogen) atoms. The van der Waals surface area contributed by atoms with Gasteiger partial charge in [-0.05, 0) is 44.2 Å². The van der Waals surface area contributed by atoms with Gasteiger partial charge in [-0.3, -0.25) is 4.79 Å². The Morgan fingerprint density at radius 3 is 2.70 bits per heavy atom. The Kier molecular flexibility index (Phi) is 5.30. The van der Waals surface area contributed by atoms with Crippen LogP contribution in [-0.2, 0) is 17.6 Å². The van der Waals surface area contributed by atoms with Gasteiger partial charge < -0.3 is 9.80 Å². The molecule has 4 rings (SSSR count). The second-order valence-electron chi connectivity index (χ2n) is 7.36. The number of hydrogen-bond donors (Lipinski definition) is 0. The van der Waals surface area contributed by atoms with Crippen molar-refractivity contribution in [3.05, 3.63) is 40.5 Å². The summed E-state index contributed by atoms with van der Waals surface area (Å²) in [6.45, 7) is 4.96. The predicted octanol–water partition coefficient (Wildman–Crippen LogP) is 3.73. The number of aryl methyl sites for hydroxylation is 1. The van der Waals surface area contributed by atoms with E-state index in [0.29, 0.717) is 5.02 Å². The smallest absolute Gasteiger partial charge is 0.219 e. The van der Waals surface area contributed by atoms with E-state index in [0.717, 1.165) is 62.6 Å². The van der Waals surface area contributed by atoms with Crippen LogP contribution in [0.4, 0.5) is 5.82 Å². The van der Waals surface area contributed by atoms with Crippen molar-refractivity contribution in [3.63, 3.8) is 0 Å². The summed E-state index contributed by atoms with van der Waals surface area (Å²) < 4.78 is 0. The van der Waals surface area contributed by atoms with Gasteiger partial charge in [-0.1, -0.05) is 23.7 Å². The van der Waals surface area contributed by atoms with Gasteiger partial charge in [-0.15, -0.1) is 0 Å². The summed E-state index contributed by atoms with van der Waals surface area (Å²) in [5, 5.41) is 0.697. The summed E-state index contributed by atoms with van der Waals surface area (Å²) in [4.78, 5) is 25.9. The van der Waals surface area contributed by atoms with Crippen molar-refractivity contribution in [1.82, 2.24) is 14.9 Å². The first kappa shape index (κ1) is 18.2. The van der Waals surface area contributed by atoms with E-state index in [-0.39, 0.29) is 5.91 Å². The molecule has 0 saturated carbocycles. The fourth-order valence-electron chi connectivity index (χ4n) is 4.04. The third-order valence-electron chi connectivity index (χ3n) is 5.48. The molecule has 1 aromatic heterocycles. The summed E-state index contributed by atoms with van der Waals surface area (Å²) in [7, 11) is 0. The van der Waals surface area contributed by atoms with Gasteiger partial charge in [-0.2, -0.15) is 0 Å². The SMILES string of the molecule is CC(=O)N1CCCN(c2nc(-c3cccc(Cl)c3)nc3c2CCCC3)CC1. The highest BCUT2D eigenvalue weighted by Crippen LogP contribution is 2.31. The fraction of sp³-hybridized carbons (Fsp3) is 0.476.